The van der Waals surface area contributed by atoms with Gasteiger partial charge in [-0.05, 0) is 36.5 Å². The van der Waals surface area contributed by atoms with E-state index in [1.807, 2.05) is 0 Å². The molecule has 21 heavy (non-hydrogen) atoms. The first kappa shape index (κ1) is 17.2. The van der Waals surface area contributed by atoms with Crippen LogP contribution >= 0.6 is 0 Å². The van der Waals surface area contributed by atoms with Crippen LogP contribution in [0.1, 0.15) is 72.2 Å². The van der Waals surface area contributed by atoms with Crippen molar-refractivity contribution < 1.29 is 19.8 Å². The number of carboxylic acids is 2. The van der Waals surface area contributed by atoms with Crippen LogP contribution in [-0.4, -0.2) is 22.2 Å². The van der Waals surface area contributed by atoms with Crippen molar-refractivity contribution in [2.24, 2.45) is 5.92 Å². The van der Waals surface area contributed by atoms with E-state index in [9.17, 15) is 19.8 Å². The van der Waals surface area contributed by atoms with Crippen molar-refractivity contribution in [3.05, 3.63) is 34.9 Å². The maximum absolute atomic E-state index is 11.3. The smallest absolute Gasteiger partial charge is 0.335 e. The van der Waals surface area contributed by atoms with E-state index in [1.165, 1.54) is 18.2 Å². The largest absolute Gasteiger partial charge is 0.478 e. The molecule has 1 rings (SSSR count). The molecule has 1 aromatic carbocycles. The van der Waals surface area contributed by atoms with Crippen LogP contribution in [0.25, 0.3) is 0 Å². The molecule has 2 N–H and O–H groups in total. The van der Waals surface area contributed by atoms with E-state index in [1.54, 1.807) is 0 Å². The maximum atomic E-state index is 11.3. The predicted molar refractivity (Wildman–Crippen MR) is 82.0 cm³/mol. The number of hydrogen-bond donors (Lipinski definition) is 2. The molecule has 0 heterocycles. The lowest BCUT2D eigenvalue weighted by atomic mass is 9.89. The average Bonchev–Trinajstić information content (AvgIpc) is 2.46. The first-order valence-electron chi connectivity index (χ1n) is 7.59. The Labute approximate surface area is 125 Å². The van der Waals surface area contributed by atoms with E-state index in [0.29, 0.717) is 17.9 Å². The van der Waals surface area contributed by atoms with Gasteiger partial charge in [0.25, 0.3) is 0 Å². The summed E-state index contributed by atoms with van der Waals surface area (Å²) in [6, 6.07) is 4.46. The summed E-state index contributed by atoms with van der Waals surface area (Å²) in [7, 11) is 0. The van der Waals surface area contributed by atoms with Gasteiger partial charge in [0.2, 0.25) is 0 Å². The first-order valence-corrected chi connectivity index (χ1v) is 7.59. The maximum Gasteiger partial charge on any atom is 0.335 e. The van der Waals surface area contributed by atoms with E-state index in [0.717, 1.165) is 32.1 Å². The van der Waals surface area contributed by atoms with Crippen LogP contribution in [0.5, 0.6) is 0 Å². The van der Waals surface area contributed by atoms with Crippen molar-refractivity contribution in [1.29, 1.82) is 0 Å². The van der Waals surface area contributed by atoms with E-state index in [-0.39, 0.29) is 11.1 Å². The van der Waals surface area contributed by atoms with Crippen molar-refractivity contribution in [2.75, 3.05) is 0 Å². The van der Waals surface area contributed by atoms with Gasteiger partial charge in [0.1, 0.15) is 0 Å². The fourth-order valence-corrected chi connectivity index (χ4v) is 2.65. The molecule has 0 saturated carbocycles. The standard InChI is InChI=1S/C17H24O4/c1-3-5-7-12(4-2)10-11-13-14(16(18)19)8-6-9-15(13)17(20)21/h6,8-9,12H,3-5,7,10-11H2,1-2H3,(H,18,19)(H,20,21). The van der Waals surface area contributed by atoms with Crippen LogP contribution in [0.2, 0.25) is 0 Å². The Morgan fingerprint density at radius 3 is 2.05 bits per heavy atom. The molecule has 0 fully saturated rings. The number of hydrogen-bond acceptors (Lipinski definition) is 2. The number of unbranched alkanes of at least 4 members (excludes halogenated alkanes) is 1. The molecule has 1 unspecified atom stereocenters. The molecule has 1 aromatic rings. The molecular weight excluding hydrogens is 268 g/mol. The second-order valence-corrected chi connectivity index (χ2v) is 5.40. The summed E-state index contributed by atoms with van der Waals surface area (Å²) < 4.78 is 0. The molecule has 0 aliphatic heterocycles. The third kappa shape index (κ3) is 4.88. The zero-order chi connectivity index (χ0) is 15.8. The SMILES string of the molecule is CCCCC(CC)CCc1c(C(=O)O)cccc1C(=O)O. The van der Waals surface area contributed by atoms with Gasteiger partial charge in [-0.15, -0.1) is 0 Å². The molecule has 4 nitrogen and oxygen atoms in total. The van der Waals surface area contributed by atoms with Crippen LogP contribution < -0.4 is 0 Å². The number of rotatable bonds is 9. The Balaban J connectivity index is 2.94. The minimum Gasteiger partial charge on any atom is -0.478 e. The molecule has 0 aliphatic rings. The van der Waals surface area contributed by atoms with Crippen LogP contribution in [0.3, 0.4) is 0 Å². The minimum absolute atomic E-state index is 0.111. The minimum atomic E-state index is -1.06. The lowest BCUT2D eigenvalue weighted by molar-refractivity contribution is 0.0695. The van der Waals surface area contributed by atoms with Crippen molar-refractivity contribution in [2.45, 2.75) is 52.4 Å². The number of carbonyl (C=O) groups is 2. The Kier molecular flexibility index (Phi) is 6.92. The normalized spacial score (nSPS) is 12.1. The van der Waals surface area contributed by atoms with Gasteiger partial charge >= 0.3 is 11.9 Å². The van der Waals surface area contributed by atoms with Crippen molar-refractivity contribution in [3.63, 3.8) is 0 Å². The molecule has 4 heteroatoms. The van der Waals surface area contributed by atoms with Gasteiger partial charge in [-0.25, -0.2) is 9.59 Å². The highest BCUT2D eigenvalue weighted by Gasteiger charge is 2.19. The van der Waals surface area contributed by atoms with Gasteiger partial charge in [0.15, 0.2) is 0 Å². The lowest BCUT2D eigenvalue weighted by Crippen LogP contribution is -2.11. The molecule has 0 aromatic heterocycles. The van der Waals surface area contributed by atoms with Gasteiger partial charge < -0.3 is 10.2 Å². The Hall–Kier alpha value is -1.84. The summed E-state index contributed by atoms with van der Waals surface area (Å²) >= 11 is 0. The second kappa shape index (κ2) is 8.45. The molecule has 0 bridgehead atoms. The lowest BCUT2D eigenvalue weighted by Gasteiger charge is -2.16. The highest BCUT2D eigenvalue weighted by Crippen LogP contribution is 2.23. The number of benzene rings is 1. The van der Waals surface area contributed by atoms with Gasteiger partial charge in [-0.1, -0.05) is 45.6 Å². The van der Waals surface area contributed by atoms with Crippen molar-refractivity contribution in [1.82, 2.24) is 0 Å². The van der Waals surface area contributed by atoms with Gasteiger partial charge in [0.05, 0.1) is 11.1 Å². The van der Waals surface area contributed by atoms with E-state index >= 15 is 0 Å². The topological polar surface area (TPSA) is 74.6 Å². The molecular formula is C17H24O4. The summed E-state index contributed by atoms with van der Waals surface area (Å²) in [5.41, 5.74) is 0.674. The van der Waals surface area contributed by atoms with Crippen LogP contribution in [0.15, 0.2) is 18.2 Å². The Morgan fingerprint density at radius 1 is 1.05 bits per heavy atom. The summed E-state index contributed by atoms with van der Waals surface area (Å²) in [6.45, 7) is 4.27. The number of carboxylic acid groups (broad SMARTS) is 2. The quantitative estimate of drug-likeness (QED) is 0.714. The van der Waals surface area contributed by atoms with Crippen LogP contribution in [-0.2, 0) is 6.42 Å². The Morgan fingerprint density at radius 2 is 1.62 bits per heavy atom. The highest BCUT2D eigenvalue weighted by atomic mass is 16.4. The van der Waals surface area contributed by atoms with E-state index in [4.69, 9.17) is 0 Å². The zero-order valence-electron chi connectivity index (χ0n) is 12.8. The second-order valence-electron chi connectivity index (χ2n) is 5.40. The molecule has 0 spiro atoms. The van der Waals surface area contributed by atoms with Crippen LogP contribution in [0, 0.1) is 5.92 Å². The monoisotopic (exact) mass is 292 g/mol. The fraction of sp³-hybridized carbons (Fsp3) is 0.529. The van der Waals surface area contributed by atoms with Crippen LogP contribution in [0.4, 0.5) is 0 Å². The molecule has 0 radical (unpaired) electrons. The molecule has 116 valence electrons. The third-order valence-electron chi connectivity index (χ3n) is 3.98. The summed E-state index contributed by atoms with van der Waals surface area (Å²) in [5.74, 6) is -1.60. The fourth-order valence-electron chi connectivity index (χ4n) is 2.65. The molecule has 1 atom stereocenters. The average molecular weight is 292 g/mol. The zero-order valence-corrected chi connectivity index (χ0v) is 12.8. The molecule has 0 aliphatic carbocycles. The third-order valence-corrected chi connectivity index (χ3v) is 3.98. The Bertz CT molecular complexity index is 461. The van der Waals surface area contributed by atoms with Gasteiger partial charge in [-0.3, -0.25) is 0 Å². The van der Waals surface area contributed by atoms with Crippen molar-refractivity contribution in [3.8, 4) is 0 Å². The van der Waals surface area contributed by atoms with Crippen molar-refractivity contribution >= 4 is 11.9 Å². The summed E-state index contributed by atoms with van der Waals surface area (Å²) in [6.07, 6.45) is 5.79. The van der Waals surface area contributed by atoms with Gasteiger partial charge in [-0.2, -0.15) is 0 Å². The van der Waals surface area contributed by atoms with E-state index in [2.05, 4.69) is 13.8 Å². The van der Waals surface area contributed by atoms with Gasteiger partial charge in [0, 0.05) is 0 Å². The first-order chi connectivity index (χ1) is 10.0. The van der Waals surface area contributed by atoms with E-state index < -0.39 is 11.9 Å². The summed E-state index contributed by atoms with van der Waals surface area (Å²) in [5, 5.41) is 18.5. The summed E-state index contributed by atoms with van der Waals surface area (Å²) in [4.78, 5) is 22.6. The highest BCUT2D eigenvalue weighted by molar-refractivity contribution is 5.96. The molecule has 0 amide bonds. The predicted octanol–water partition coefficient (Wildman–Crippen LogP) is 4.23. The molecule has 0 saturated heterocycles. The number of aromatic carboxylic acids is 2.